The Morgan fingerprint density at radius 2 is 0.537 bits per heavy atom. The molecule has 0 spiro atoms. The molecule has 4 heteroatoms. The van der Waals surface area contributed by atoms with E-state index in [-0.39, 0.29) is 12.5 Å². The number of aliphatic hydroxyl groups is 2. The molecule has 2 unspecified atom stereocenters. The Labute approximate surface area is 515 Å². The van der Waals surface area contributed by atoms with Gasteiger partial charge in [0.1, 0.15) is 0 Å². The highest BCUT2D eigenvalue weighted by atomic mass is 16.3. The van der Waals surface area contributed by atoms with Gasteiger partial charge in [0.2, 0.25) is 5.91 Å². The number of hydrogen-bond acceptors (Lipinski definition) is 3. The van der Waals surface area contributed by atoms with E-state index in [2.05, 4.69) is 67.8 Å². The summed E-state index contributed by atoms with van der Waals surface area (Å²) in [7, 11) is 0. The molecule has 0 heterocycles. The van der Waals surface area contributed by atoms with Gasteiger partial charge in [0.25, 0.3) is 0 Å². The third kappa shape index (κ3) is 68.9. The molecule has 0 rings (SSSR count). The van der Waals surface area contributed by atoms with Gasteiger partial charge in [0.15, 0.2) is 0 Å². The first-order valence-corrected chi connectivity index (χ1v) is 37.5. The van der Waals surface area contributed by atoms with E-state index in [0.29, 0.717) is 6.42 Å². The molecule has 4 nitrogen and oxygen atoms in total. The van der Waals surface area contributed by atoms with Crippen molar-refractivity contribution in [3.8, 4) is 0 Å². The van der Waals surface area contributed by atoms with Crippen LogP contribution in [0.4, 0.5) is 0 Å². The fourth-order valence-electron chi connectivity index (χ4n) is 11.9. The number of hydrogen-bond donors (Lipinski definition) is 3. The fraction of sp³-hybridized carbons (Fsp3) is 0.859. The van der Waals surface area contributed by atoms with Crippen molar-refractivity contribution in [1.82, 2.24) is 5.32 Å². The zero-order chi connectivity index (χ0) is 59.1. The monoisotopic (exact) mass is 1150 g/mol. The number of allylic oxidation sites excluding steroid dienone is 9. The van der Waals surface area contributed by atoms with Crippen LogP contribution in [0.3, 0.4) is 0 Å². The molecular weight excluding hydrogens is 999 g/mol. The predicted octanol–water partition coefficient (Wildman–Crippen LogP) is 25.8. The maximum Gasteiger partial charge on any atom is 0.220 e. The lowest BCUT2D eigenvalue weighted by molar-refractivity contribution is -0.123. The molecule has 0 aliphatic rings. The van der Waals surface area contributed by atoms with Crippen molar-refractivity contribution in [3.63, 3.8) is 0 Å². The Balaban J connectivity index is 3.40. The summed E-state index contributed by atoms with van der Waals surface area (Å²) in [6.07, 6.45) is 105. The largest absolute Gasteiger partial charge is 0.394 e. The highest BCUT2D eigenvalue weighted by Gasteiger charge is 2.18. The SMILES string of the molecule is CC/C=C\C/C=C\C/C=C\C/C=C\CCCCCCCCCCCCCCCCCCCCCCCCCCC(=O)NC(CO)C(O)/C=C/CCCCCCCCCCCCCCCCCCCCCCCCCCCCCCCCC. The summed E-state index contributed by atoms with van der Waals surface area (Å²) >= 11 is 0. The summed E-state index contributed by atoms with van der Waals surface area (Å²) in [5, 5.41) is 23.3. The van der Waals surface area contributed by atoms with Crippen LogP contribution in [0.2, 0.25) is 0 Å². The van der Waals surface area contributed by atoms with Crippen molar-refractivity contribution in [1.29, 1.82) is 0 Å². The third-order valence-corrected chi connectivity index (χ3v) is 17.5. The van der Waals surface area contributed by atoms with Gasteiger partial charge in [-0.1, -0.05) is 408 Å². The average molecular weight is 1150 g/mol. The first-order chi connectivity index (χ1) is 40.7. The van der Waals surface area contributed by atoms with Gasteiger partial charge < -0.3 is 15.5 Å². The second-order valence-corrected chi connectivity index (χ2v) is 25.7. The highest BCUT2D eigenvalue weighted by Crippen LogP contribution is 2.20. The first-order valence-electron chi connectivity index (χ1n) is 37.5. The van der Waals surface area contributed by atoms with Crippen LogP contribution in [0.1, 0.15) is 412 Å². The number of nitrogens with one attached hydrogen (secondary N) is 1. The number of unbranched alkanes of at least 4 members (excludes halogenated alkanes) is 55. The van der Waals surface area contributed by atoms with Crippen LogP contribution in [0, 0.1) is 0 Å². The van der Waals surface area contributed by atoms with E-state index in [0.717, 1.165) is 51.4 Å². The van der Waals surface area contributed by atoms with Gasteiger partial charge >= 0.3 is 0 Å². The van der Waals surface area contributed by atoms with Gasteiger partial charge in [-0.25, -0.2) is 0 Å². The summed E-state index contributed by atoms with van der Waals surface area (Å²) in [5.74, 6) is -0.0557. The Bertz CT molecular complexity index is 1350. The molecule has 0 aromatic heterocycles. The van der Waals surface area contributed by atoms with Crippen molar-refractivity contribution in [3.05, 3.63) is 60.8 Å². The number of carbonyl (C=O) groups is 1. The molecule has 0 saturated heterocycles. The summed E-state index contributed by atoms with van der Waals surface area (Å²) in [5.41, 5.74) is 0. The molecule has 2 atom stereocenters. The van der Waals surface area contributed by atoms with Crippen molar-refractivity contribution >= 4 is 5.91 Å². The molecule has 0 aliphatic carbocycles. The van der Waals surface area contributed by atoms with Crippen molar-refractivity contribution in [2.75, 3.05) is 6.61 Å². The van der Waals surface area contributed by atoms with Gasteiger partial charge in [-0.05, 0) is 57.8 Å². The molecule has 0 saturated carbocycles. The van der Waals surface area contributed by atoms with Crippen LogP contribution < -0.4 is 5.32 Å². The number of rotatable bonds is 70. The molecule has 1 amide bonds. The maximum absolute atomic E-state index is 12.6. The van der Waals surface area contributed by atoms with Crippen molar-refractivity contribution in [2.24, 2.45) is 0 Å². The smallest absolute Gasteiger partial charge is 0.220 e. The summed E-state index contributed by atoms with van der Waals surface area (Å²) < 4.78 is 0. The second-order valence-electron chi connectivity index (χ2n) is 25.7. The van der Waals surface area contributed by atoms with E-state index in [1.807, 2.05) is 6.08 Å². The molecular formula is C78H147NO3. The second kappa shape index (κ2) is 73.3. The highest BCUT2D eigenvalue weighted by molar-refractivity contribution is 5.76. The van der Waals surface area contributed by atoms with Crippen LogP contribution in [0.15, 0.2) is 60.8 Å². The Morgan fingerprint density at radius 1 is 0.305 bits per heavy atom. The van der Waals surface area contributed by atoms with Gasteiger partial charge in [0, 0.05) is 6.42 Å². The molecule has 482 valence electrons. The molecule has 0 bridgehead atoms. The minimum absolute atomic E-state index is 0.0557. The summed E-state index contributed by atoms with van der Waals surface area (Å²) in [6.45, 7) is 4.24. The Kier molecular flexibility index (Phi) is 71.6. The number of aliphatic hydroxyl groups excluding tert-OH is 2. The molecule has 0 aliphatic heterocycles. The summed E-state index contributed by atoms with van der Waals surface area (Å²) in [4.78, 5) is 12.6. The number of amides is 1. The van der Waals surface area contributed by atoms with Gasteiger partial charge in [0.05, 0.1) is 18.8 Å². The quantitative estimate of drug-likeness (QED) is 0.0420. The van der Waals surface area contributed by atoms with Gasteiger partial charge in [-0.3, -0.25) is 4.79 Å². The van der Waals surface area contributed by atoms with E-state index >= 15 is 0 Å². The normalized spacial score (nSPS) is 13.0. The van der Waals surface area contributed by atoms with Gasteiger partial charge in [-0.15, -0.1) is 0 Å². The minimum Gasteiger partial charge on any atom is -0.394 e. The van der Waals surface area contributed by atoms with E-state index in [1.165, 1.54) is 340 Å². The molecule has 3 N–H and O–H groups in total. The van der Waals surface area contributed by atoms with Crippen LogP contribution in [-0.2, 0) is 4.79 Å². The zero-order valence-corrected chi connectivity index (χ0v) is 55.8. The van der Waals surface area contributed by atoms with Crippen molar-refractivity contribution < 1.29 is 15.0 Å². The van der Waals surface area contributed by atoms with E-state index in [1.54, 1.807) is 6.08 Å². The lowest BCUT2D eigenvalue weighted by Crippen LogP contribution is -2.45. The topological polar surface area (TPSA) is 69.6 Å². The van der Waals surface area contributed by atoms with Crippen LogP contribution in [0.5, 0.6) is 0 Å². The van der Waals surface area contributed by atoms with Crippen LogP contribution in [0.25, 0.3) is 0 Å². The maximum atomic E-state index is 12.6. The first kappa shape index (κ1) is 80.1. The van der Waals surface area contributed by atoms with E-state index in [4.69, 9.17) is 0 Å². The molecule has 0 aromatic carbocycles. The lowest BCUT2D eigenvalue weighted by Gasteiger charge is -2.20. The molecule has 0 radical (unpaired) electrons. The Hall–Kier alpha value is -1.91. The zero-order valence-electron chi connectivity index (χ0n) is 55.8. The van der Waals surface area contributed by atoms with Gasteiger partial charge in [-0.2, -0.15) is 0 Å². The average Bonchev–Trinajstić information content (AvgIpc) is 3.50. The predicted molar refractivity (Wildman–Crippen MR) is 368 cm³/mol. The third-order valence-electron chi connectivity index (χ3n) is 17.5. The molecule has 0 fully saturated rings. The molecule has 0 aromatic rings. The van der Waals surface area contributed by atoms with E-state index < -0.39 is 12.1 Å². The minimum atomic E-state index is -0.841. The van der Waals surface area contributed by atoms with Crippen LogP contribution in [-0.4, -0.2) is 34.9 Å². The number of carbonyl (C=O) groups excluding carboxylic acids is 1. The van der Waals surface area contributed by atoms with E-state index in [9.17, 15) is 15.0 Å². The standard InChI is InChI=1S/C78H147NO3/c1-3-5-7-9-11-13-15-17-19-21-23-25-27-29-31-33-35-37-38-39-40-42-44-46-48-50-52-54-56-58-60-62-64-66-68-70-72-74-78(82)79-76(75-80)77(81)73-71-69-67-65-63-61-59-57-55-53-51-49-47-45-43-41-36-34-32-30-28-26-24-22-20-18-16-14-12-10-8-6-4-2/h5,7,11,13,17,19,23,25,71,73,76-77,80-81H,3-4,6,8-10,12,14-16,18,20-22,24,26-70,72,74-75H2,1-2H3,(H,79,82)/b7-5-,13-11-,19-17-,25-23-,73-71+. The lowest BCUT2D eigenvalue weighted by atomic mass is 10.0. The fourth-order valence-corrected chi connectivity index (χ4v) is 11.9. The Morgan fingerprint density at radius 3 is 0.805 bits per heavy atom. The van der Waals surface area contributed by atoms with Crippen molar-refractivity contribution in [2.45, 2.75) is 424 Å². The van der Waals surface area contributed by atoms with Crippen LogP contribution >= 0.6 is 0 Å². The summed E-state index contributed by atoms with van der Waals surface area (Å²) in [6, 6.07) is -0.624. The molecule has 82 heavy (non-hydrogen) atoms.